The largest absolute Gasteiger partial charge is 0.470 e. The second-order valence-corrected chi connectivity index (χ2v) is 6.60. The summed E-state index contributed by atoms with van der Waals surface area (Å²) in [5, 5.41) is 38.4. The van der Waals surface area contributed by atoms with Gasteiger partial charge >= 0.3 is 0 Å². The summed E-state index contributed by atoms with van der Waals surface area (Å²) < 4.78 is 10.6. The molecule has 7 unspecified atom stereocenters. The van der Waals surface area contributed by atoms with Gasteiger partial charge < -0.3 is 29.9 Å². The molecule has 132 valence electrons. The molecule has 7 nitrogen and oxygen atoms in total. The van der Waals surface area contributed by atoms with Crippen LogP contribution in [0.25, 0.3) is 0 Å². The minimum atomic E-state index is -1.48. The molecule has 2 aliphatic rings. The Morgan fingerprint density at radius 1 is 1.26 bits per heavy atom. The molecule has 0 bridgehead atoms. The second kappa shape index (κ2) is 7.72. The third-order valence-electron chi connectivity index (χ3n) is 4.67. The number of ketones is 1. The van der Waals surface area contributed by atoms with Crippen molar-refractivity contribution in [2.24, 2.45) is 11.8 Å². The van der Waals surface area contributed by atoms with Crippen LogP contribution < -0.4 is 0 Å². The second-order valence-electron chi connectivity index (χ2n) is 6.60. The predicted molar refractivity (Wildman–Crippen MR) is 80.1 cm³/mol. The smallest absolute Gasteiger partial charge is 0.228 e. The number of aliphatic hydroxyl groups is 4. The maximum Gasteiger partial charge on any atom is 0.228 e. The van der Waals surface area contributed by atoms with Gasteiger partial charge in [0.2, 0.25) is 6.29 Å². The molecular weight excluding hydrogens is 304 g/mol. The number of rotatable bonds is 4. The first-order valence-corrected chi connectivity index (χ1v) is 8.00. The summed E-state index contributed by atoms with van der Waals surface area (Å²) in [7, 11) is 0. The highest BCUT2D eigenvalue weighted by Gasteiger charge is 2.44. The molecule has 7 heteroatoms. The van der Waals surface area contributed by atoms with Gasteiger partial charge in [0.25, 0.3) is 0 Å². The molecule has 1 heterocycles. The zero-order chi connectivity index (χ0) is 17.1. The molecule has 4 N–H and O–H groups in total. The molecule has 0 spiro atoms. The zero-order valence-corrected chi connectivity index (χ0v) is 13.5. The van der Waals surface area contributed by atoms with E-state index in [1.165, 1.54) is 6.26 Å². The van der Waals surface area contributed by atoms with E-state index in [0.717, 1.165) is 18.4 Å². The van der Waals surface area contributed by atoms with Gasteiger partial charge in [0.05, 0.1) is 12.9 Å². The third-order valence-corrected chi connectivity index (χ3v) is 4.67. The van der Waals surface area contributed by atoms with E-state index in [1.54, 1.807) is 6.92 Å². The van der Waals surface area contributed by atoms with E-state index in [9.17, 15) is 20.1 Å². The molecule has 1 saturated heterocycles. The van der Waals surface area contributed by atoms with Crippen LogP contribution in [-0.2, 0) is 14.3 Å². The summed E-state index contributed by atoms with van der Waals surface area (Å²) in [6.45, 7) is 3.33. The van der Waals surface area contributed by atoms with E-state index in [-0.39, 0.29) is 11.7 Å². The number of Topliss-reactive ketones (excluding diaryl/α,β-unsaturated/α-hetero) is 1. The van der Waals surface area contributed by atoms with E-state index < -0.39 is 37.3 Å². The standard InChI is InChI=1S/C16H26O7/c1-8-3-4-10(11(18)5-8)9(2)7-22-16-15(21)14(20)13(19)12(6-17)23-16/h7-8,10,12-17,19-21H,3-6H2,1-2H3. The van der Waals surface area contributed by atoms with Crippen molar-refractivity contribution < 1.29 is 34.7 Å². The van der Waals surface area contributed by atoms with Gasteiger partial charge in [-0.05, 0) is 31.3 Å². The lowest BCUT2D eigenvalue weighted by atomic mass is 9.79. The van der Waals surface area contributed by atoms with Crippen LogP contribution in [0.15, 0.2) is 11.8 Å². The van der Waals surface area contributed by atoms with Crippen LogP contribution in [0.2, 0.25) is 0 Å². The Morgan fingerprint density at radius 3 is 2.57 bits per heavy atom. The predicted octanol–water partition coefficient (Wildman–Crippen LogP) is -0.288. The molecule has 2 rings (SSSR count). The molecular formula is C16H26O7. The topological polar surface area (TPSA) is 116 Å². The maximum absolute atomic E-state index is 12.1. The molecule has 1 saturated carbocycles. The van der Waals surface area contributed by atoms with E-state index in [1.807, 2.05) is 0 Å². The SMILES string of the molecule is CC(=COC1OC(CO)C(O)C(O)C1O)C1CCC(C)CC1=O. The van der Waals surface area contributed by atoms with E-state index in [2.05, 4.69) is 6.92 Å². The molecule has 23 heavy (non-hydrogen) atoms. The van der Waals surface area contributed by atoms with Gasteiger partial charge in [-0.2, -0.15) is 0 Å². The van der Waals surface area contributed by atoms with Crippen LogP contribution in [0, 0.1) is 11.8 Å². The first-order valence-electron chi connectivity index (χ1n) is 8.00. The van der Waals surface area contributed by atoms with Crippen molar-refractivity contribution in [1.29, 1.82) is 0 Å². The Hall–Kier alpha value is -0.990. The molecule has 1 aliphatic heterocycles. The van der Waals surface area contributed by atoms with Crippen LogP contribution in [0.3, 0.4) is 0 Å². The number of ether oxygens (including phenoxy) is 2. The molecule has 0 aromatic carbocycles. The summed E-state index contributed by atoms with van der Waals surface area (Å²) >= 11 is 0. The van der Waals surface area contributed by atoms with Gasteiger partial charge in [0.1, 0.15) is 30.2 Å². The minimum absolute atomic E-state index is 0.176. The fourth-order valence-electron chi connectivity index (χ4n) is 3.12. The third kappa shape index (κ3) is 4.10. The van der Waals surface area contributed by atoms with E-state index >= 15 is 0 Å². The quantitative estimate of drug-likeness (QED) is 0.523. The molecule has 0 aromatic heterocycles. The molecule has 1 aliphatic carbocycles. The number of hydrogen-bond acceptors (Lipinski definition) is 7. The molecule has 7 atom stereocenters. The molecule has 0 amide bonds. The van der Waals surface area contributed by atoms with Gasteiger partial charge in [0, 0.05) is 12.3 Å². The van der Waals surface area contributed by atoms with Crippen molar-refractivity contribution in [2.75, 3.05) is 6.61 Å². The number of hydrogen-bond donors (Lipinski definition) is 4. The average molecular weight is 330 g/mol. The van der Waals surface area contributed by atoms with Crippen LogP contribution in [-0.4, -0.2) is 63.5 Å². The lowest BCUT2D eigenvalue weighted by Gasteiger charge is -2.39. The Bertz CT molecular complexity index is 448. The highest BCUT2D eigenvalue weighted by Crippen LogP contribution is 2.31. The van der Waals surface area contributed by atoms with Crippen molar-refractivity contribution >= 4 is 5.78 Å². The first-order chi connectivity index (χ1) is 10.8. The van der Waals surface area contributed by atoms with Crippen molar-refractivity contribution in [3.8, 4) is 0 Å². The monoisotopic (exact) mass is 330 g/mol. The highest BCUT2D eigenvalue weighted by molar-refractivity contribution is 5.84. The Morgan fingerprint density at radius 2 is 1.96 bits per heavy atom. The number of aliphatic hydroxyl groups excluding tert-OH is 4. The summed E-state index contributed by atoms with van der Waals surface area (Å²) in [6.07, 6.45) is -2.90. The van der Waals surface area contributed by atoms with Gasteiger partial charge in [-0.3, -0.25) is 4.79 Å². The molecule has 2 fully saturated rings. The van der Waals surface area contributed by atoms with Gasteiger partial charge in [-0.25, -0.2) is 0 Å². The van der Waals surface area contributed by atoms with Gasteiger partial charge in [0.15, 0.2) is 0 Å². The fourth-order valence-corrected chi connectivity index (χ4v) is 3.12. The number of carbonyl (C=O) groups is 1. The summed E-state index contributed by atoms with van der Waals surface area (Å²) in [5.41, 5.74) is 0.735. The van der Waals surface area contributed by atoms with Crippen molar-refractivity contribution in [2.45, 2.75) is 63.8 Å². The number of carbonyl (C=O) groups excluding carboxylic acids is 1. The minimum Gasteiger partial charge on any atom is -0.470 e. The van der Waals surface area contributed by atoms with Crippen LogP contribution in [0.4, 0.5) is 0 Å². The first kappa shape index (κ1) is 18.4. The molecule has 0 aromatic rings. The fraction of sp³-hybridized carbons (Fsp3) is 0.812. The Labute approximate surface area is 135 Å². The van der Waals surface area contributed by atoms with E-state index in [4.69, 9.17) is 14.6 Å². The normalized spacial score (nSPS) is 42.6. The Balaban J connectivity index is 1.99. The van der Waals surface area contributed by atoms with Crippen molar-refractivity contribution in [3.63, 3.8) is 0 Å². The molecule has 0 radical (unpaired) electrons. The average Bonchev–Trinajstić information content (AvgIpc) is 2.51. The van der Waals surface area contributed by atoms with E-state index in [0.29, 0.717) is 12.3 Å². The summed E-state index contributed by atoms with van der Waals surface area (Å²) in [6, 6.07) is 0. The lowest BCUT2D eigenvalue weighted by molar-refractivity contribution is -0.288. The van der Waals surface area contributed by atoms with Gasteiger partial charge in [-0.15, -0.1) is 0 Å². The summed E-state index contributed by atoms with van der Waals surface area (Å²) in [5.74, 6) is 0.379. The van der Waals surface area contributed by atoms with Crippen molar-refractivity contribution in [3.05, 3.63) is 11.8 Å². The van der Waals surface area contributed by atoms with Gasteiger partial charge in [-0.1, -0.05) is 6.92 Å². The Kier molecular flexibility index (Phi) is 6.16. The maximum atomic E-state index is 12.1. The lowest BCUT2D eigenvalue weighted by Crippen LogP contribution is -2.58. The summed E-state index contributed by atoms with van der Waals surface area (Å²) in [4.78, 5) is 12.1. The van der Waals surface area contributed by atoms with Crippen molar-refractivity contribution in [1.82, 2.24) is 0 Å². The highest BCUT2D eigenvalue weighted by atomic mass is 16.7. The number of allylic oxidation sites excluding steroid dienone is 1. The van der Waals surface area contributed by atoms with Crippen LogP contribution >= 0.6 is 0 Å². The van der Waals surface area contributed by atoms with Crippen LogP contribution in [0.5, 0.6) is 0 Å². The zero-order valence-electron chi connectivity index (χ0n) is 13.5. The van der Waals surface area contributed by atoms with Crippen LogP contribution in [0.1, 0.15) is 33.1 Å².